The fourth-order valence-corrected chi connectivity index (χ4v) is 6.02. The molecule has 13 nitrogen and oxygen atoms in total. The lowest BCUT2D eigenvalue weighted by molar-refractivity contribution is -0.298. The van der Waals surface area contributed by atoms with Gasteiger partial charge in [-0.2, -0.15) is 8.42 Å². The summed E-state index contributed by atoms with van der Waals surface area (Å²) in [6.07, 6.45) is 10.6. The zero-order valence-corrected chi connectivity index (χ0v) is 29.3. The molecule has 1 rings (SSSR count). The molecule has 1 aliphatic heterocycles. The molecule has 1 fully saturated rings. The van der Waals surface area contributed by atoms with Crippen LogP contribution in [-0.2, 0) is 28.9 Å². The molecule has 1 amide bonds. The maximum absolute atomic E-state index is 12.9. The predicted molar refractivity (Wildman–Crippen MR) is 178 cm³/mol. The Bertz CT molecular complexity index is 937. The molecule has 8 atom stereocenters. The zero-order chi connectivity index (χ0) is 35.1. The first-order valence-corrected chi connectivity index (χ1v) is 19.0. The van der Waals surface area contributed by atoms with Gasteiger partial charge in [0.05, 0.1) is 25.4 Å². The fraction of sp³-hybridized carbons (Fsp3) is 0.909. The molecule has 278 valence electrons. The molecule has 0 saturated carbocycles. The largest absolute Gasteiger partial charge is 0.397 e. The molecule has 14 heteroatoms. The standard InChI is InChI=1S/C33H63NO12S/c1-3-5-7-9-11-13-14-16-18-20-22-27(37)32(40)34-25(26(36)21-19-17-15-12-10-8-6-4-2)24-44-33-30(39)31(46-47(41,42)43)29(38)28(23-35)45-33/h19,21,25-31,33,35-39H,3-18,20,22-24H2,1-2H3,(H,34,40)(H,41,42,43)/b21-19+. The second-order valence-corrected chi connectivity index (χ2v) is 13.7. The number of hydrogen-bond donors (Lipinski definition) is 7. The molecular formula is C33H63NO12S. The van der Waals surface area contributed by atoms with Gasteiger partial charge in [-0.15, -0.1) is 0 Å². The molecule has 0 radical (unpaired) electrons. The van der Waals surface area contributed by atoms with Crippen molar-refractivity contribution in [1.29, 1.82) is 0 Å². The summed E-state index contributed by atoms with van der Waals surface area (Å²) in [4.78, 5) is 12.9. The van der Waals surface area contributed by atoms with Crippen molar-refractivity contribution < 1.29 is 57.0 Å². The van der Waals surface area contributed by atoms with Gasteiger partial charge in [-0.05, 0) is 19.3 Å². The monoisotopic (exact) mass is 697 g/mol. The molecule has 1 heterocycles. The number of hydrogen-bond acceptors (Lipinski definition) is 11. The molecule has 1 aliphatic rings. The highest BCUT2D eigenvalue weighted by atomic mass is 32.3. The Hall–Kier alpha value is -1.20. The van der Waals surface area contributed by atoms with Crippen LogP contribution in [0.5, 0.6) is 0 Å². The molecule has 0 aromatic heterocycles. The highest BCUT2D eigenvalue weighted by Crippen LogP contribution is 2.26. The van der Waals surface area contributed by atoms with E-state index in [2.05, 4.69) is 23.3 Å². The number of carbonyl (C=O) groups excluding carboxylic acids is 1. The number of aliphatic hydroxyl groups excluding tert-OH is 5. The Morgan fingerprint density at radius 2 is 1.38 bits per heavy atom. The molecule has 0 aromatic rings. The number of ether oxygens (including phenoxy) is 2. The van der Waals surface area contributed by atoms with Crippen LogP contribution in [0.4, 0.5) is 0 Å². The maximum Gasteiger partial charge on any atom is 0.397 e. The van der Waals surface area contributed by atoms with E-state index in [1.54, 1.807) is 6.08 Å². The lowest BCUT2D eigenvalue weighted by Gasteiger charge is -2.41. The molecule has 0 aliphatic carbocycles. The molecule has 1 saturated heterocycles. The van der Waals surface area contributed by atoms with Crippen molar-refractivity contribution in [2.24, 2.45) is 0 Å². The van der Waals surface area contributed by atoms with Crippen LogP contribution in [0.15, 0.2) is 12.2 Å². The van der Waals surface area contributed by atoms with Crippen molar-refractivity contribution in [3.8, 4) is 0 Å². The molecule has 7 N–H and O–H groups in total. The SMILES string of the molecule is CCCCCCCC/C=C/C(O)C(COC1OC(CO)C(O)C(OS(=O)(=O)O)C1O)NC(=O)C(O)CCCCCCCCCCCC. The van der Waals surface area contributed by atoms with E-state index in [1.807, 2.05) is 0 Å². The molecule has 8 unspecified atom stereocenters. The number of unbranched alkanes of at least 4 members (excludes halogenated alkanes) is 15. The van der Waals surface area contributed by atoms with Crippen molar-refractivity contribution in [2.45, 2.75) is 178 Å². The average molecular weight is 698 g/mol. The van der Waals surface area contributed by atoms with E-state index >= 15 is 0 Å². The number of carbonyl (C=O) groups is 1. The quantitative estimate of drug-likeness (QED) is 0.0356. The van der Waals surface area contributed by atoms with Gasteiger partial charge in [0.1, 0.15) is 30.5 Å². The van der Waals surface area contributed by atoms with E-state index in [4.69, 9.17) is 14.0 Å². The lowest BCUT2D eigenvalue weighted by Crippen LogP contribution is -2.61. The van der Waals surface area contributed by atoms with Crippen molar-refractivity contribution in [1.82, 2.24) is 5.32 Å². The van der Waals surface area contributed by atoms with Gasteiger partial charge in [0.15, 0.2) is 6.29 Å². The summed E-state index contributed by atoms with van der Waals surface area (Å²) in [7, 11) is -5.10. The summed E-state index contributed by atoms with van der Waals surface area (Å²) in [6, 6.07) is -1.11. The molecule has 0 spiro atoms. The van der Waals surface area contributed by atoms with Gasteiger partial charge in [0.25, 0.3) is 0 Å². The summed E-state index contributed by atoms with van der Waals surface area (Å²) >= 11 is 0. The molecule has 0 bridgehead atoms. The Morgan fingerprint density at radius 3 is 1.91 bits per heavy atom. The first kappa shape index (κ1) is 43.8. The van der Waals surface area contributed by atoms with E-state index < -0.39 is 78.5 Å². The molecule has 0 aromatic carbocycles. The lowest BCUT2D eigenvalue weighted by atomic mass is 9.99. The average Bonchev–Trinajstić information content (AvgIpc) is 3.03. The summed E-state index contributed by atoms with van der Waals surface area (Å²) in [6.45, 7) is 3.09. The highest BCUT2D eigenvalue weighted by molar-refractivity contribution is 7.80. The first-order valence-electron chi connectivity index (χ1n) is 17.7. The van der Waals surface area contributed by atoms with Gasteiger partial charge in [-0.1, -0.05) is 122 Å². The minimum atomic E-state index is -5.10. The van der Waals surface area contributed by atoms with E-state index in [1.165, 1.54) is 57.4 Å². The maximum atomic E-state index is 12.9. The van der Waals surface area contributed by atoms with Crippen LogP contribution in [0.1, 0.15) is 129 Å². The van der Waals surface area contributed by atoms with Crippen LogP contribution in [0.2, 0.25) is 0 Å². The zero-order valence-electron chi connectivity index (χ0n) is 28.5. The Balaban J connectivity index is 2.76. The smallest absolute Gasteiger partial charge is 0.394 e. The summed E-state index contributed by atoms with van der Waals surface area (Å²) in [5.41, 5.74) is 0. The van der Waals surface area contributed by atoms with Gasteiger partial charge in [0.2, 0.25) is 5.91 Å². The third kappa shape index (κ3) is 19.5. The number of rotatable bonds is 28. The third-order valence-corrected chi connectivity index (χ3v) is 8.89. The summed E-state index contributed by atoms with van der Waals surface area (Å²) < 4.78 is 47.0. The second kappa shape index (κ2) is 25.7. The van der Waals surface area contributed by atoms with E-state index in [9.17, 15) is 38.7 Å². The van der Waals surface area contributed by atoms with Gasteiger partial charge in [-0.25, -0.2) is 4.18 Å². The Morgan fingerprint density at radius 1 is 0.851 bits per heavy atom. The van der Waals surface area contributed by atoms with Crippen LogP contribution < -0.4 is 5.32 Å². The topological polar surface area (TPSA) is 212 Å². The highest BCUT2D eigenvalue weighted by Gasteiger charge is 2.48. The van der Waals surface area contributed by atoms with Gasteiger partial charge in [0, 0.05) is 0 Å². The minimum absolute atomic E-state index is 0.245. The number of nitrogens with one attached hydrogen (secondary N) is 1. The van der Waals surface area contributed by atoms with Crippen LogP contribution in [0, 0.1) is 0 Å². The predicted octanol–water partition coefficient (Wildman–Crippen LogP) is 3.45. The van der Waals surface area contributed by atoms with Crippen molar-refractivity contribution in [2.75, 3.05) is 13.2 Å². The van der Waals surface area contributed by atoms with Crippen LogP contribution >= 0.6 is 0 Å². The summed E-state index contributed by atoms with van der Waals surface area (Å²) in [5.74, 6) is -0.709. The van der Waals surface area contributed by atoms with Gasteiger partial charge < -0.3 is 40.3 Å². The Labute approximate surface area is 282 Å². The summed E-state index contributed by atoms with van der Waals surface area (Å²) in [5, 5.41) is 54.5. The number of amides is 1. The molecule has 47 heavy (non-hydrogen) atoms. The van der Waals surface area contributed by atoms with Crippen molar-refractivity contribution in [3.05, 3.63) is 12.2 Å². The third-order valence-electron chi connectivity index (χ3n) is 8.43. The van der Waals surface area contributed by atoms with E-state index in [0.29, 0.717) is 12.8 Å². The van der Waals surface area contributed by atoms with Crippen LogP contribution in [0.3, 0.4) is 0 Å². The van der Waals surface area contributed by atoms with Crippen molar-refractivity contribution in [3.63, 3.8) is 0 Å². The second-order valence-electron chi connectivity index (χ2n) is 12.6. The normalized spacial score (nSPS) is 24.0. The minimum Gasteiger partial charge on any atom is -0.394 e. The first-order chi connectivity index (χ1) is 22.4. The van der Waals surface area contributed by atoms with Gasteiger partial charge in [-0.3, -0.25) is 9.35 Å². The number of aliphatic hydroxyl groups is 5. The molecular weight excluding hydrogens is 634 g/mol. The van der Waals surface area contributed by atoms with Crippen LogP contribution in [-0.4, -0.2) is 107 Å². The van der Waals surface area contributed by atoms with E-state index in [0.717, 1.165) is 44.9 Å². The van der Waals surface area contributed by atoms with E-state index in [-0.39, 0.29) is 6.42 Å². The van der Waals surface area contributed by atoms with Crippen LogP contribution in [0.25, 0.3) is 0 Å². The van der Waals surface area contributed by atoms with Crippen molar-refractivity contribution >= 4 is 16.3 Å². The van der Waals surface area contributed by atoms with Gasteiger partial charge >= 0.3 is 10.4 Å². The Kier molecular flexibility index (Phi) is 24.0. The number of allylic oxidation sites excluding steroid dienone is 1. The fourth-order valence-electron chi connectivity index (χ4n) is 5.52.